The predicted octanol–water partition coefficient (Wildman–Crippen LogP) is 1.66. The van der Waals surface area contributed by atoms with Crippen LogP contribution in [0, 0.1) is 4.84 Å². The lowest BCUT2D eigenvalue weighted by atomic mass is 10.0. The number of nitrogens with one attached hydrogen (secondary N) is 4. The molecule has 3 aromatic heterocycles. The summed E-state index contributed by atoms with van der Waals surface area (Å²) < 4.78 is 10.9. The number of aromatic nitrogens is 5. The molecule has 0 saturated carbocycles. The van der Waals surface area contributed by atoms with Gasteiger partial charge in [-0.3, -0.25) is 28.7 Å². The summed E-state index contributed by atoms with van der Waals surface area (Å²) in [6, 6.07) is 13.3. The lowest BCUT2D eigenvalue weighted by Gasteiger charge is -2.15. The highest BCUT2D eigenvalue weighted by Gasteiger charge is 2.27. The zero-order valence-electron chi connectivity index (χ0n) is 23.4. The van der Waals surface area contributed by atoms with E-state index >= 15 is 0 Å². The normalized spacial score (nSPS) is 14.0. The molecular weight excluding hydrogens is 618 g/mol. The molecule has 230 valence electrons. The van der Waals surface area contributed by atoms with E-state index in [4.69, 9.17) is 22.5 Å². The highest BCUT2D eigenvalue weighted by molar-refractivity contribution is 7.71. The topological polar surface area (TPSA) is 233 Å². The summed E-state index contributed by atoms with van der Waals surface area (Å²) in [7, 11) is 0. The average molecular weight is 640 g/mol. The molecule has 46 heavy (non-hydrogen) atoms. The largest absolute Gasteiger partial charge is 0.439 e. The number of amides is 2. The van der Waals surface area contributed by atoms with Gasteiger partial charge < -0.3 is 26.2 Å². The standard InChI is InChI=1S/C29H21N9O7S/c30-20-21(23(40)22(20)39)32-15-3-1-2-12(8-15)11-31-26(42)19-10-18(34-27-37-45-29(46)38(19)27)25(41)33-17-7-5-13-9-14(4-6-16(13)17)24-35-28(43)44-36-24/h1-4,6,8-10,17,32H,5,7,11,30H2,(H,31,42)(H,33,41)(H,35,36,43)/t17-/m0/s1. The third kappa shape index (κ3) is 5.03. The van der Waals surface area contributed by atoms with E-state index in [-0.39, 0.29) is 46.0 Å². The molecule has 0 radical (unpaired) electrons. The maximum Gasteiger partial charge on any atom is 0.439 e. The van der Waals surface area contributed by atoms with Crippen molar-refractivity contribution in [2.45, 2.75) is 25.4 Å². The van der Waals surface area contributed by atoms with Gasteiger partial charge in [0.1, 0.15) is 22.8 Å². The molecule has 0 spiro atoms. The molecule has 0 unspecified atom stereocenters. The highest BCUT2D eigenvalue weighted by Crippen LogP contribution is 2.33. The first-order valence-corrected chi connectivity index (χ1v) is 14.2. The summed E-state index contributed by atoms with van der Waals surface area (Å²) in [6.45, 7) is 0.0583. The number of hydrogen-bond donors (Lipinski definition) is 5. The highest BCUT2D eigenvalue weighted by atomic mass is 32.1. The number of fused-ring (bicyclic) bond motifs is 2. The second-order valence-electron chi connectivity index (χ2n) is 10.5. The Labute approximate surface area is 260 Å². The van der Waals surface area contributed by atoms with Crippen LogP contribution in [0.4, 0.5) is 17.1 Å². The lowest BCUT2D eigenvalue weighted by Crippen LogP contribution is -2.36. The molecule has 0 bridgehead atoms. The van der Waals surface area contributed by atoms with Crippen molar-refractivity contribution in [3.8, 4) is 11.4 Å². The molecule has 2 amide bonds. The minimum atomic E-state index is -0.736. The van der Waals surface area contributed by atoms with Crippen molar-refractivity contribution < 1.29 is 18.6 Å². The fourth-order valence-corrected chi connectivity index (χ4v) is 5.57. The van der Waals surface area contributed by atoms with E-state index in [1.54, 1.807) is 30.3 Å². The molecule has 7 rings (SSSR count). The molecule has 3 aromatic carbocycles. The van der Waals surface area contributed by atoms with Gasteiger partial charge in [0.05, 0.1) is 6.04 Å². The van der Waals surface area contributed by atoms with Crippen LogP contribution in [0.5, 0.6) is 0 Å². The Balaban J connectivity index is 1.08. The van der Waals surface area contributed by atoms with Crippen molar-refractivity contribution in [3.05, 3.63) is 112 Å². The molecule has 0 fully saturated rings. The Kier molecular flexibility index (Phi) is 6.85. The van der Waals surface area contributed by atoms with Gasteiger partial charge in [-0.15, -0.1) is 0 Å². The van der Waals surface area contributed by atoms with Crippen molar-refractivity contribution in [1.29, 1.82) is 0 Å². The van der Waals surface area contributed by atoms with Gasteiger partial charge >= 0.3 is 10.6 Å². The van der Waals surface area contributed by atoms with Crippen LogP contribution in [0.3, 0.4) is 0 Å². The number of aryl methyl sites for hydroxylation is 1. The number of H-pyrrole nitrogens is 1. The third-order valence-corrected chi connectivity index (χ3v) is 7.88. The number of aromatic amines is 1. The molecule has 1 aliphatic carbocycles. The van der Waals surface area contributed by atoms with Gasteiger partial charge in [-0.25, -0.2) is 14.2 Å². The molecule has 6 N–H and O–H groups in total. The number of carbonyl (C=O) groups is 2. The Hall–Kier alpha value is -6.23. The van der Waals surface area contributed by atoms with Crippen molar-refractivity contribution in [2.75, 3.05) is 11.1 Å². The van der Waals surface area contributed by atoms with Crippen molar-refractivity contribution in [3.63, 3.8) is 0 Å². The third-order valence-electron chi connectivity index (χ3n) is 7.62. The van der Waals surface area contributed by atoms with Crippen LogP contribution in [0.2, 0.25) is 0 Å². The van der Waals surface area contributed by atoms with Gasteiger partial charge in [-0.1, -0.05) is 29.4 Å². The van der Waals surface area contributed by atoms with Gasteiger partial charge in [0.2, 0.25) is 0 Å². The van der Waals surface area contributed by atoms with E-state index in [0.717, 1.165) is 11.1 Å². The van der Waals surface area contributed by atoms with E-state index in [2.05, 4.69) is 40.8 Å². The summed E-state index contributed by atoms with van der Waals surface area (Å²) in [5.74, 6) is -1.54. The van der Waals surface area contributed by atoms with Gasteiger partial charge in [-0.05, 0) is 71.2 Å². The molecule has 0 aliphatic heterocycles. The smallest absolute Gasteiger partial charge is 0.394 e. The number of anilines is 3. The van der Waals surface area contributed by atoms with E-state index in [1.807, 2.05) is 12.1 Å². The van der Waals surface area contributed by atoms with E-state index in [0.29, 0.717) is 35.5 Å². The summed E-state index contributed by atoms with van der Waals surface area (Å²) >= 11 is 5.20. The van der Waals surface area contributed by atoms with E-state index in [9.17, 15) is 24.0 Å². The van der Waals surface area contributed by atoms with Crippen LogP contribution >= 0.6 is 12.2 Å². The first-order chi connectivity index (χ1) is 22.2. The number of hydrogen-bond acceptors (Lipinski definition) is 13. The Morgan fingerprint density at radius 1 is 1.04 bits per heavy atom. The van der Waals surface area contributed by atoms with Gasteiger partial charge in [0.15, 0.2) is 5.82 Å². The zero-order valence-corrected chi connectivity index (χ0v) is 24.3. The number of nitrogens with two attached hydrogens (primary N) is 1. The maximum absolute atomic E-state index is 13.4. The van der Waals surface area contributed by atoms with Crippen molar-refractivity contribution >= 4 is 46.9 Å². The second kappa shape index (κ2) is 11.0. The van der Waals surface area contributed by atoms with Crippen LogP contribution in [0.15, 0.2) is 72.0 Å². The SMILES string of the molecule is Nc1c(Nc2cccc(CNC(=O)c3cc(C(=O)N[C@H]4CCc5cc(-c6noc(=O)[nH]6)ccc54)nc4noc(=S)n34)c2)c(=O)c1=O. The summed E-state index contributed by atoms with van der Waals surface area (Å²) in [5.41, 5.74) is 7.66. The summed E-state index contributed by atoms with van der Waals surface area (Å²) in [6.07, 6.45) is 1.29. The fourth-order valence-electron chi connectivity index (χ4n) is 5.35. The number of benzene rings is 2. The number of carbonyl (C=O) groups excluding carboxylic acids is 2. The van der Waals surface area contributed by atoms with Crippen LogP contribution in [0.1, 0.15) is 50.1 Å². The molecule has 16 nitrogen and oxygen atoms in total. The Morgan fingerprint density at radius 3 is 2.67 bits per heavy atom. The second-order valence-corrected chi connectivity index (χ2v) is 10.8. The lowest BCUT2D eigenvalue weighted by molar-refractivity contribution is 0.0931. The van der Waals surface area contributed by atoms with Crippen molar-refractivity contribution in [2.24, 2.45) is 0 Å². The number of nitrogen functional groups attached to an aromatic ring is 1. The van der Waals surface area contributed by atoms with E-state index in [1.165, 1.54) is 10.5 Å². The molecule has 3 heterocycles. The summed E-state index contributed by atoms with van der Waals surface area (Å²) in [5, 5.41) is 16.1. The fraction of sp³-hybridized carbons (Fsp3) is 0.138. The van der Waals surface area contributed by atoms with Gasteiger partial charge in [0, 0.05) is 17.8 Å². The average Bonchev–Trinajstić information content (AvgIpc) is 3.79. The van der Waals surface area contributed by atoms with Crippen LogP contribution in [-0.4, -0.2) is 36.5 Å². The molecule has 17 heteroatoms. The molecule has 6 aromatic rings. The van der Waals surface area contributed by atoms with Gasteiger partial charge in [0.25, 0.3) is 28.4 Å². The minimum Gasteiger partial charge on any atom is -0.394 e. The van der Waals surface area contributed by atoms with Gasteiger partial charge in [-0.2, -0.15) is 0 Å². The zero-order chi connectivity index (χ0) is 32.1. The monoisotopic (exact) mass is 639 g/mol. The van der Waals surface area contributed by atoms with Crippen LogP contribution in [-0.2, 0) is 13.0 Å². The number of rotatable bonds is 8. The first-order valence-electron chi connectivity index (χ1n) is 13.8. The molecular formula is C29H21N9O7S. The predicted molar refractivity (Wildman–Crippen MR) is 164 cm³/mol. The van der Waals surface area contributed by atoms with Crippen LogP contribution in [0.25, 0.3) is 17.2 Å². The number of nitrogens with zero attached hydrogens (tertiary/aromatic N) is 4. The van der Waals surface area contributed by atoms with Crippen molar-refractivity contribution in [1.82, 2.24) is 35.3 Å². The Morgan fingerprint density at radius 2 is 1.89 bits per heavy atom. The maximum atomic E-state index is 13.4. The van der Waals surface area contributed by atoms with Crippen LogP contribution < -0.4 is 38.3 Å². The molecule has 1 aliphatic rings. The Bertz CT molecular complexity index is 2400. The quantitative estimate of drug-likeness (QED) is 0.118. The molecule has 0 saturated heterocycles. The molecule has 1 atom stereocenters. The first kappa shape index (κ1) is 28.5. The summed E-state index contributed by atoms with van der Waals surface area (Å²) in [4.78, 5) is 67.9. The minimum absolute atomic E-state index is 0.0213. The van der Waals surface area contributed by atoms with E-state index < -0.39 is 28.4 Å².